The number of aliphatic imine (C=N–C) groups is 1. The van der Waals surface area contributed by atoms with Crippen molar-refractivity contribution in [2.75, 3.05) is 0 Å². The van der Waals surface area contributed by atoms with Gasteiger partial charge in [0.05, 0.1) is 5.69 Å². The van der Waals surface area contributed by atoms with Crippen LogP contribution in [-0.4, -0.2) is 6.21 Å². The third-order valence-electron chi connectivity index (χ3n) is 5.06. The monoisotopic (exact) mass is 365 g/mol. The van der Waals surface area contributed by atoms with Crippen LogP contribution in [0.5, 0.6) is 5.75 Å². The number of hydrogen-bond donors (Lipinski definition) is 0. The second-order valence-electron chi connectivity index (χ2n) is 6.98. The molecule has 4 rings (SSSR count). The van der Waals surface area contributed by atoms with Gasteiger partial charge in [0.1, 0.15) is 12.4 Å². The number of aryl methyl sites for hydroxylation is 1. The number of nitrogens with zero attached hydrogens (tertiary/aromatic N) is 1. The predicted octanol–water partition coefficient (Wildman–Crippen LogP) is 6.79. The molecule has 0 bridgehead atoms. The first-order valence-corrected chi connectivity index (χ1v) is 9.50. The summed E-state index contributed by atoms with van der Waals surface area (Å²) in [6, 6.07) is 29.0. The Hall–Kier alpha value is -3.39. The maximum absolute atomic E-state index is 6.07. The summed E-state index contributed by atoms with van der Waals surface area (Å²) in [7, 11) is 0. The highest BCUT2D eigenvalue weighted by Crippen LogP contribution is 2.23. The Bertz CT molecular complexity index is 1140. The molecule has 0 unspecified atom stereocenters. The molecule has 4 aromatic rings. The Labute approximate surface area is 166 Å². The first-order chi connectivity index (χ1) is 13.7. The molecule has 0 saturated heterocycles. The van der Waals surface area contributed by atoms with Gasteiger partial charge in [-0.15, -0.1) is 0 Å². The molecule has 0 fully saturated rings. The topological polar surface area (TPSA) is 21.6 Å². The van der Waals surface area contributed by atoms with E-state index in [2.05, 4.69) is 67.4 Å². The van der Waals surface area contributed by atoms with Crippen LogP contribution in [0.25, 0.3) is 10.8 Å². The van der Waals surface area contributed by atoms with Crippen LogP contribution in [0.15, 0.2) is 89.9 Å². The standard InChI is InChI=1S/C26H23NO/c1-19-8-5-15-26(20(19)2)27-17-21-9-6-13-24(16-21)28-18-23-12-7-11-22-10-3-4-14-25(22)23/h3-17H,18H2,1-2H3. The lowest BCUT2D eigenvalue weighted by Crippen LogP contribution is -1.97. The van der Waals surface area contributed by atoms with Crippen molar-refractivity contribution in [3.8, 4) is 5.75 Å². The minimum atomic E-state index is 0.541. The minimum Gasteiger partial charge on any atom is -0.489 e. The largest absolute Gasteiger partial charge is 0.489 e. The van der Waals surface area contributed by atoms with Crippen LogP contribution in [0.2, 0.25) is 0 Å². The number of ether oxygens (including phenoxy) is 1. The normalized spacial score (nSPS) is 11.2. The van der Waals surface area contributed by atoms with Crippen LogP contribution in [-0.2, 0) is 6.61 Å². The van der Waals surface area contributed by atoms with Crippen LogP contribution < -0.4 is 4.74 Å². The van der Waals surface area contributed by atoms with E-state index in [-0.39, 0.29) is 0 Å². The minimum absolute atomic E-state index is 0.541. The highest BCUT2D eigenvalue weighted by atomic mass is 16.5. The summed E-state index contributed by atoms with van der Waals surface area (Å²) in [5.41, 5.74) is 5.68. The molecule has 0 heterocycles. The second kappa shape index (κ2) is 8.10. The van der Waals surface area contributed by atoms with Gasteiger partial charge in [-0.25, -0.2) is 0 Å². The van der Waals surface area contributed by atoms with Crippen LogP contribution in [0.3, 0.4) is 0 Å². The summed E-state index contributed by atoms with van der Waals surface area (Å²) in [6.45, 7) is 4.75. The van der Waals surface area contributed by atoms with E-state index < -0.39 is 0 Å². The molecule has 0 N–H and O–H groups in total. The zero-order valence-corrected chi connectivity index (χ0v) is 16.2. The van der Waals surface area contributed by atoms with E-state index >= 15 is 0 Å². The predicted molar refractivity (Wildman–Crippen MR) is 118 cm³/mol. The Morgan fingerprint density at radius 2 is 1.61 bits per heavy atom. The molecule has 0 aliphatic heterocycles. The molecular weight excluding hydrogens is 342 g/mol. The lowest BCUT2D eigenvalue weighted by atomic mass is 10.1. The summed E-state index contributed by atoms with van der Waals surface area (Å²) in [6.07, 6.45) is 1.90. The van der Waals surface area contributed by atoms with Crippen molar-refractivity contribution in [1.29, 1.82) is 0 Å². The lowest BCUT2D eigenvalue weighted by molar-refractivity contribution is 0.307. The number of benzene rings is 4. The van der Waals surface area contributed by atoms with Crippen molar-refractivity contribution in [3.63, 3.8) is 0 Å². The van der Waals surface area contributed by atoms with Gasteiger partial charge in [0, 0.05) is 6.21 Å². The molecule has 4 aromatic carbocycles. The van der Waals surface area contributed by atoms with Gasteiger partial charge in [0.25, 0.3) is 0 Å². The van der Waals surface area contributed by atoms with Gasteiger partial charge < -0.3 is 4.74 Å². The van der Waals surface area contributed by atoms with E-state index in [9.17, 15) is 0 Å². The molecular formula is C26H23NO. The van der Waals surface area contributed by atoms with Crippen molar-refractivity contribution < 1.29 is 4.74 Å². The quantitative estimate of drug-likeness (QED) is 0.357. The fraction of sp³-hybridized carbons (Fsp3) is 0.115. The summed E-state index contributed by atoms with van der Waals surface area (Å²) in [5.74, 6) is 0.845. The molecule has 0 radical (unpaired) electrons. The van der Waals surface area contributed by atoms with E-state index in [0.717, 1.165) is 17.0 Å². The van der Waals surface area contributed by atoms with Crippen LogP contribution in [0, 0.1) is 13.8 Å². The smallest absolute Gasteiger partial charge is 0.120 e. The zero-order chi connectivity index (χ0) is 19.3. The highest BCUT2D eigenvalue weighted by Gasteiger charge is 2.03. The summed E-state index contributed by atoms with van der Waals surface area (Å²) in [4.78, 5) is 4.66. The van der Waals surface area contributed by atoms with Crippen LogP contribution >= 0.6 is 0 Å². The van der Waals surface area contributed by atoms with E-state index in [1.54, 1.807) is 0 Å². The van der Waals surface area contributed by atoms with Crippen LogP contribution in [0.1, 0.15) is 22.3 Å². The maximum Gasteiger partial charge on any atom is 0.120 e. The van der Waals surface area contributed by atoms with E-state index in [4.69, 9.17) is 4.74 Å². The molecule has 0 saturated carbocycles. The van der Waals surface area contributed by atoms with Gasteiger partial charge >= 0.3 is 0 Å². The molecule has 2 nitrogen and oxygen atoms in total. The Kier molecular flexibility index (Phi) is 5.20. The van der Waals surface area contributed by atoms with E-state index in [1.165, 1.54) is 27.5 Å². The van der Waals surface area contributed by atoms with Gasteiger partial charge in [-0.3, -0.25) is 4.99 Å². The SMILES string of the molecule is Cc1cccc(N=Cc2cccc(OCc3cccc4ccccc34)c2)c1C. The third kappa shape index (κ3) is 3.96. The Morgan fingerprint density at radius 1 is 0.821 bits per heavy atom. The van der Waals surface area contributed by atoms with Gasteiger partial charge in [-0.2, -0.15) is 0 Å². The molecule has 138 valence electrons. The first-order valence-electron chi connectivity index (χ1n) is 9.50. The second-order valence-corrected chi connectivity index (χ2v) is 6.98. The van der Waals surface area contributed by atoms with Gasteiger partial charge in [0.2, 0.25) is 0 Å². The van der Waals surface area contributed by atoms with E-state index in [0.29, 0.717) is 6.61 Å². The van der Waals surface area contributed by atoms with Crippen LogP contribution in [0.4, 0.5) is 5.69 Å². The Morgan fingerprint density at radius 3 is 2.54 bits per heavy atom. The van der Waals surface area contributed by atoms with Crippen molar-refractivity contribution in [3.05, 3.63) is 107 Å². The fourth-order valence-corrected chi connectivity index (χ4v) is 3.28. The van der Waals surface area contributed by atoms with Crippen molar-refractivity contribution in [2.24, 2.45) is 4.99 Å². The summed E-state index contributed by atoms with van der Waals surface area (Å²) >= 11 is 0. The van der Waals surface area contributed by atoms with E-state index in [1.807, 2.05) is 42.6 Å². The Balaban J connectivity index is 1.51. The first kappa shape index (κ1) is 18.0. The molecule has 2 heteroatoms. The average Bonchev–Trinajstić information content (AvgIpc) is 2.73. The third-order valence-corrected chi connectivity index (χ3v) is 5.06. The zero-order valence-electron chi connectivity index (χ0n) is 16.2. The molecule has 0 aromatic heterocycles. The number of hydrogen-bond acceptors (Lipinski definition) is 2. The van der Waals surface area contributed by atoms with Gasteiger partial charge in [-0.1, -0.05) is 66.7 Å². The molecule has 28 heavy (non-hydrogen) atoms. The molecule has 0 amide bonds. The summed E-state index contributed by atoms with van der Waals surface area (Å²) in [5, 5.41) is 2.47. The van der Waals surface area contributed by atoms with Gasteiger partial charge in [0.15, 0.2) is 0 Å². The fourth-order valence-electron chi connectivity index (χ4n) is 3.28. The molecule has 0 aliphatic carbocycles. The average molecular weight is 365 g/mol. The molecule has 0 aliphatic rings. The lowest BCUT2D eigenvalue weighted by Gasteiger charge is -2.09. The maximum atomic E-state index is 6.07. The number of rotatable bonds is 5. The summed E-state index contributed by atoms with van der Waals surface area (Å²) < 4.78 is 6.07. The van der Waals surface area contributed by atoms with Crippen molar-refractivity contribution in [2.45, 2.75) is 20.5 Å². The number of fused-ring (bicyclic) bond motifs is 1. The highest BCUT2D eigenvalue weighted by molar-refractivity contribution is 5.85. The van der Waals surface area contributed by atoms with Crippen molar-refractivity contribution in [1.82, 2.24) is 0 Å². The molecule has 0 atom stereocenters. The van der Waals surface area contributed by atoms with Crippen molar-refractivity contribution >= 4 is 22.7 Å². The van der Waals surface area contributed by atoms with Gasteiger partial charge in [-0.05, 0) is 65.1 Å². The molecule has 0 spiro atoms.